The Morgan fingerprint density at radius 3 is 1.89 bits per heavy atom. The Bertz CT molecular complexity index is 626. The van der Waals surface area contributed by atoms with Crippen molar-refractivity contribution in [3.8, 4) is 0 Å². The van der Waals surface area contributed by atoms with E-state index >= 15 is 0 Å². The van der Waals surface area contributed by atoms with E-state index in [9.17, 15) is 0 Å². The SMILES string of the molecule is CC1c2ccccc2C2(c3ccccc32)C1(C)C. The normalized spacial score (nSPS) is 24.7. The van der Waals surface area contributed by atoms with Gasteiger partial charge in [-0.25, -0.2) is 0 Å². The summed E-state index contributed by atoms with van der Waals surface area (Å²) in [6.45, 7) is 7.24. The van der Waals surface area contributed by atoms with E-state index in [-0.39, 0.29) is 10.8 Å². The first-order chi connectivity index (χ1) is 8.62. The second-order valence-electron chi connectivity index (χ2n) is 6.33. The maximum atomic E-state index is 2.43. The highest BCUT2D eigenvalue weighted by Gasteiger charge is 2.66. The molecule has 0 aliphatic heterocycles. The smallest absolute Gasteiger partial charge is 0.0517 e. The van der Waals surface area contributed by atoms with Crippen LogP contribution >= 0.6 is 0 Å². The van der Waals surface area contributed by atoms with Crippen molar-refractivity contribution in [3.05, 3.63) is 70.8 Å². The van der Waals surface area contributed by atoms with Crippen molar-refractivity contribution < 1.29 is 0 Å². The van der Waals surface area contributed by atoms with Crippen molar-refractivity contribution in [2.45, 2.75) is 32.1 Å². The molecule has 4 rings (SSSR count). The van der Waals surface area contributed by atoms with Gasteiger partial charge in [0.05, 0.1) is 5.41 Å². The molecule has 18 heavy (non-hydrogen) atoms. The molecule has 0 heterocycles. The minimum absolute atomic E-state index is 0.201. The van der Waals surface area contributed by atoms with Crippen molar-refractivity contribution in [1.29, 1.82) is 0 Å². The van der Waals surface area contributed by atoms with Crippen LogP contribution in [0.5, 0.6) is 0 Å². The summed E-state index contributed by atoms with van der Waals surface area (Å²) in [5, 5.41) is 0. The molecule has 1 unspecified atom stereocenters. The lowest BCUT2D eigenvalue weighted by Crippen LogP contribution is -2.29. The number of rotatable bonds is 0. The van der Waals surface area contributed by atoms with E-state index in [0.717, 1.165) is 0 Å². The number of benzene rings is 2. The van der Waals surface area contributed by atoms with E-state index in [1.807, 2.05) is 0 Å². The summed E-state index contributed by atoms with van der Waals surface area (Å²) in [6, 6.07) is 18.0. The van der Waals surface area contributed by atoms with Crippen LogP contribution in [-0.2, 0) is 5.41 Å². The van der Waals surface area contributed by atoms with E-state index in [1.165, 1.54) is 0 Å². The van der Waals surface area contributed by atoms with Crippen LogP contribution in [0.25, 0.3) is 0 Å². The van der Waals surface area contributed by atoms with E-state index < -0.39 is 0 Å². The molecule has 0 aromatic heterocycles. The predicted molar refractivity (Wildman–Crippen MR) is 75.0 cm³/mol. The van der Waals surface area contributed by atoms with Gasteiger partial charge in [0, 0.05) is 0 Å². The van der Waals surface area contributed by atoms with Gasteiger partial charge in [0.2, 0.25) is 0 Å². The maximum Gasteiger partial charge on any atom is 0.0517 e. The second kappa shape index (κ2) is 2.88. The van der Waals surface area contributed by atoms with Crippen LogP contribution in [0.3, 0.4) is 0 Å². The molecule has 1 atom stereocenters. The largest absolute Gasteiger partial charge is 0.0620 e. The third-order valence-corrected chi connectivity index (χ3v) is 5.55. The standard InChI is InChI=1S/C18H18/c1-12-13-8-4-5-9-14(13)18(17(12,2)3)15-10-6-7-11-16(15)18/h4-12H,1-3H3. The highest BCUT2D eigenvalue weighted by Crippen LogP contribution is 2.72. The molecule has 0 bridgehead atoms. The topological polar surface area (TPSA) is 0 Å². The van der Waals surface area contributed by atoms with Crippen LogP contribution in [0.2, 0.25) is 0 Å². The molecule has 0 heteroatoms. The van der Waals surface area contributed by atoms with Gasteiger partial charge in [-0.1, -0.05) is 69.3 Å². The van der Waals surface area contributed by atoms with Gasteiger partial charge < -0.3 is 0 Å². The minimum atomic E-state index is 0.201. The van der Waals surface area contributed by atoms with Crippen LogP contribution < -0.4 is 0 Å². The number of hydrogen-bond donors (Lipinski definition) is 0. The second-order valence-corrected chi connectivity index (χ2v) is 6.33. The third-order valence-electron chi connectivity index (χ3n) is 5.55. The maximum absolute atomic E-state index is 2.43. The number of fused-ring (bicyclic) bond motifs is 5. The Kier molecular flexibility index (Phi) is 1.66. The van der Waals surface area contributed by atoms with Crippen molar-refractivity contribution in [2.24, 2.45) is 5.41 Å². The Morgan fingerprint density at radius 1 is 0.778 bits per heavy atom. The molecule has 2 aliphatic carbocycles. The molecule has 2 aromatic rings. The summed E-state index contributed by atoms with van der Waals surface area (Å²) in [6.07, 6.45) is 0. The number of hydrogen-bond acceptors (Lipinski definition) is 0. The van der Waals surface area contributed by atoms with Crippen LogP contribution in [0.15, 0.2) is 48.5 Å². The summed E-state index contributed by atoms with van der Waals surface area (Å²) < 4.78 is 0. The van der Waals surface area contributed by atoms with Gasteiger partial charge in [-0.15, -0.1) is 0 Å². The lowest BCUT2D eigenvalue weighted by molar-refractivity contribution is 0.266. The Labute approximate surface area is 109 Å². The molecule has 0 saturated heterocycles. The summed E-state index contributed by atoms with van der Waals surface area (Å²) in [5.41, 5.74) is 6.66. The zero-order chi connectivity index (χ0) is 12.5. The van der Waals surface area contributed by atoms with Gasteiger partial charge >= 0.3 is 0 Å². The molecule has 2 aromatic carbocycles. The molecular weight excluding hydrogens is 216 g/mol. The molecule has 90 valence electrons. The van der Waals surface area contributed by atoms with Gasteiger partial charge in [0.15, 0.2) is 0 Å². The average Bonchev–Trinajstić information content (AvgIpc) is 3.04. The van der Waals surface area contributed by atoms with Crippen LogP contribution in [0.1, 0.15) is 48.9 Å². The molecule has 0 saturated carbocycles. The third kappa shape index (κ3) is 0.849. The molecule has 0 N–H and O–H groups in total. The van der Waals surface area contributed by atoms with Crippen LogP contribution in [0, 0.1) is 5.41 Å². The quantitative estimate of drug-likeness (QED) is 0.630. The Hall–Kier alpha value is -1.56. The van der Waals surface area contributed by atoms with Crippen molar-refractivity contribution in [2.75, 3.05) is 0 Å². The predicted octanol–water partition coefficient (Wildman–Crippen LogP) is 4.48. The minimum Gasteiger partial charge on any atom is -0.0620 e. The van der Waals surface area contributed by atoms with Crippen molar-refractivity contribution in [3.63, 3.8) is 0 Å². The molecular formula is C18H18. The van der Waals surface area contributed by atoms with Gasteiger partial charge in [-0.05, 0) is 33.6 Å². The molecule has 0 fully saturated rings. The summed E-state index contributed by atoms with van der Waals surface area (Å²) in [5.74, 6) is 0.612. The fourth-order valence-corrected chi connectivity index (χ4v) is 4.31. The van der Waals surface area contributed by atoms with Crippen molar-refractivity contribution in [1.82, 2.24) is 0 Å². The Balaban J connectivity index is 2.07. The van der Waals surface area contributed by atoms with Gasteiger partial charge in [0.25, 0.3) is 0 Å². The zero-order valence-corrected chi connectivity index (χ0v) is 11.2. The van der Waals surface area contributed by atoms with E-state index in [4.69, 9.17) is 0 Å². The Morgan fingerprint density at radius 2 is 1.28 bits per heavy atom. The molecule has 2 aliphatic rings. The van der Waals surface area contributed by atoms with E-state index in [2.05, 4.69) is 69.3 Å². The molecule has 0 nitrogen and oxygen atoms in total. The highest BCUT2D eigenvalue weighted by atomic mass is 14.7. The first-order valence-electron chi connectivity index (χ1n) is 6.81. The molecule has 1 spiro atoms. The molecule has 0 amide bonds. The van der Waals surface area contributed by atoms with Gasteiger partial charge in [-0.2, -0.15) is 0 Å². The highest BCUT2D eigenvalue weighted by molar-refractivity contribution is 5.74. The molecule has 0 radical (unpaired) electrons. The van der Waals surface area contributed by atoms with Gasteiger partial charge in [-0.3, -0.25) is 0 Å². The van der Waals surface area contributed by atoms with E-state index in [0.29, 0.717) is 5.92 Å². The van der Waals surface area contributed by atoms with Crippen molar-refractivity contribution >= 4 is 0 Å². The van der Waals surface area contributed by atoms with E-state index in [1.54, 1.807) is 22.3 Å². The monoisotopic (exact) mass is 234 g/mol. The summed E-state index contributed by atoms with van der Waals surface area (Å²) in [7, 11) is 0. The van der Waals surface area contributed by atoms with Crippen LogP contribution in [0.4, 0.5) is 0 Å². The zero-order valence-electron chi connectivity index (χ0n) is 11.2. The fraction of sp³-hybridized carbons (Fsp3) is 0.333. The summed E-state index contributed by atoms with van der Waals surface area (Å²) in [4.78, 5) is 0. The lowest BCUT2D eigenvalue weighted by atomic mass is 9.69. The first kappa shape index (κ1) is 10.4. The lowest BCUT2D eigenvalue weighted by Gasteiger charge is -2.32. The average molecular weight is 234 g/mol. The van der Waals surface area contributed by atoms with Gasteiger partial charge in [0.1, 0.15) is 0 Å². The van der Waals surface area contributed by atoms with Crippen LogP contribution in [-0.4, -0.2) is 0 Å². The first-order valence-corrected chi connectivity index (χ1v) is 6.81. The summed E-state index contributed by atoms with van der Waals surface area (Å²) >= 11 is 0. The fourth-order valence-electron chi connectivity index (χ4n) is 4.31.